The van der Waals surface area contributed by atoms with Crippen LogP contribution in [0.3, 0.4) is 0 Å². The fourth-order valence-corrected chi connectivity index (χ4v) is 6.41. The molecule has 14 heteroatoms. The van der Waals surface area contributed by atoms with Crippen LogP contribution in [-0.2, 0) is 45.1 Å². The highest BCUT2D eigenvalue weighted by atomic mass is 19.4. The van der Waals surface area contributed by atoms with E-state index in [-0.39, 0.29) is 51.3 Å². The van der Waals surface area contributed by atoms with Crippen LogP contribution in [0.2, 0.25) is 0 Å². The zero-order chi connectivity index (χ0) is 38.8. The van der Waals surface area contributed by atoms with Crippen molar-refractivity contribution >= 4 is 35.3 Å². The molecule has 3 N–H and O–H groups in total. The normalized spacial score (nSPS) is 14.2. The minimum atomic E-state index is -4.62. The molecule has 0 bridgehead atoms. The number of anilines is 2. The molecule has 1 saturated heterocycles. The maximum Gasteiger partial charge on any atom is 0.410 e. The van der Waals surface area contributed by atoms with E-state index in [0.29, 0.717) is 34.6 Å². The van der Waals surface area contributed by atoms with Crippen LogP contribution in [0.5, 0.6) is 0 Å². The zero-order valence-corrected chi connectivity index (χ0v) is 30.9. The average Bonchev–Trinajstić information content (AvgIpc) is 3.08. The molecule has 0 saturated carbocycles. The number of aromatic nitrogens is 1. The van der Waals surface area contributed by atoms with Gasteiger partial charge in [-0.05, 0) is 99.6 Å². The second kappa shape index (κ2) is 17.7. The van der Waals surface area contributed by atoms with E-state index in [9.17, 15) is 32.3 Å². The Bertz CT molecular complexity index is 1740. The van der Waals surface area contributed by atoms with Crippen LogP contribution in [0, 0.1) is 5.41 Å². The largest absolute Gasteiger partial charge is 0.444 e. The molecule has 2 aromatic carbocycles. The van der Waals surface area contributed by atoms with Gasteiger partial charge in [0.05, 0.1) is 18.3 Å². The molecule has 4 amide bonds. The summed E-state index contributed by atoms with van der Waals surface area (Å²) in [7, 11) is 1.56. The minimum Gasteiger partial charge on any atom is -0.444 e. The van der Waals surface area contributed by atoms with E-state index < -0.39 is 48.1 Å². The summed E-state index contributed by atoms with van der Waals surface area (Å²) in [5, 5.41) is 8.59. The lowest BCUT2D eigenvalue weighted by Crippen LogP contribution is -2.52. The van der Waals surface area contributed by atoms with Crippen LogP contribution in [0.1, 0.15) is 69.2 Å². The first kappa shape index (κ1) is 40.8. The Kier molecular flexibility index (Phi) is 13.6. The van der Waals surface area contributed by atoms with Gasteiger partial charge in [0.25, 0.3) is 0 Å². The molecule has 1 aromatic heterocycles. The smallest absolute Gasteiger partial charge is 0.410 e. The summed E-state index contributed by atoms with van der Waals surface area (Å²) in [6.45, 7) is 7.02. The lowest BCUT2D eigenvalue weighted by molar-refractivity contribution is -0.178. The van der Waals surface area contributed by atoms with Gasteiger partial charge in [-0.2, -0.15) is 13.2 Å². The number of carbonyl (C=O) groups excluding carboxylic acids is 4. The molecule has 1 aliphatic rings. The van der Waals surface area contributed by atoms with Crippen molar-refractivity contribution in [3.8, 4) is 0 Å². The van der Waals surface area contributed by atoms with Crippen LogP contribution < -0.4 is 16.0 Å². The fourth-order valence-electron chi connectivity index (χ4n) is 6.41. The molecule has 0 aliphatic carbocycles. The Balaban J connectivity index is 1.60. The van der Waals surface area contributed by atoms with E-state index in [4.69, 9.17) is 4.74 Å². The van der Waals surface area contributed by atoms with Crippen molar-refractivity contribution < 1.29 is 37.1 Å². The van der Waals surface area contributed by atoms with E-state index >= 15 is 0 Å². The lowest BCUT2D eigenvalue weighted by Gasteiger charge is -2.40. The first-order valence-electron chi connectivity index (χ1n) is 17.7. The summed E-state index contributed by atoms with van der Waals surface area (Å²) in [5.74, 6) is -1.28. The van der Waals surface area contributed by atoms with Crippen molar-refractivity contribution in [2.45, 2.75) is 84.7 Å². The van der Waals surface area contributed by atoms with Gasteiger partial charge in [0, 0.05) is 32.0 Å². The standard InChI is InChI=1S/C39H49F3N6O5/c1-6-27-14-15-31(21-30(27)22-33(49)46-32-13-9-10-18-44-32)45-34(50)25-48(35(51)38(26-39(40,41)42)16-19-43-20-17-38)24-29-12-8-7-11-28(29)23-47(5)36(52)53-37(2,3)4/h7-15,18,21,43H,6,16-17,19-20,22-26H2,1-5H3,(H,45,50)(H,44,46,49). The quantitative estimate of drug-likeness (QED) is 0.183. The highest BCUT2D eigenvalue weighted by Crippen LogP contribution is 2.42. The summed E-state index contributed by atoms with van der Waals surface area (Å²) in [4.78, 5) is 60.4. The van der Waals surface area contributed by atoms with Gasteiger partial charge in [-0.3, -0.25) is 14.4 Å². The maximum atomic E-state index is 14.4. The van der Waals surface area contributed by atoms with Crippen molar-refractivity contribution in [3.05, 3.63) is 89.1 Å². The summed E-state index contributed by atoms with van der Waals surface area (Å²) in [6, 6.07) is 17.3. The first-order chi connectivity index (χ1) is 25.0. The predicted octanol–water partition coefficient (Wildman–Crippen LogP) is 6.48. The first-order valence-corrected chi connectivity index (χ1v) is 17.7. The maximum absolute atomic E-state index is 14.4. The molecule has 1 fully saturated rings. The molecule has 11 nitrogen and oxygen atoms in total. The summed E-state index contributed by atoms with van der Waals surface area (Å²) in [6.07, 6.45) is -4.39. The van der Waals surface area contributed by atoms with Crippen molar-refractivity contribution in [1.29, 1.82) is 0 Å². The van der Waals surface area contributed by atoms with Crippen LogP contribution in [0.4, 0.5) is 29.5 Å². The van der Waals surface area contributed by atoms with Crippen molar-refractivity contribution in [2.75, 3.05) is 37.3 Å². The molecule has 0 unspecified atom stereocenters. The second-order valence-corrected chi connectivity index (χ2v) is 14.4. The number of rotatable bonds is 13. The molecular weight excluding hydrogens is 689 g/mol. The number of carbonyl (C=O) groups is 4. The molecule has 0 atom stereocenters. The molecule has 2 heterocycles. The Morgan fingerprint density at radius 1 is 0.868 bits per heavy atom. The van der Waals surface area contributed by atoms with Gasteiger partial charge in [0.1, 0.15) is 18.0 Å². The molecule has 4 rings (SSSR count). The SMILES string of the molecule is CCc1ccc(NC(=O)CN(Cc2ccccc2CN(C)C(=O)OC(C)(C)C)C(=O)C2(CC(F)(F)F)CCNCC2)cc1CC(=O)Nc1ccccn1. The van der Waals surface area contributed by atoms with E-state index in [0.717, 1.165) is 5.56 Å². The Morgan fingerprint density at radius 3 is 2.13 bits per heavy atom. The molecule has 53 heavy (non-hydrogen) atoms. The number of hydrogen-bond acceptors (Lipinski definition) is 7. The topological polar surface area (TPSA) is 133 Å². The van der Waals surface area contributed by atoms with Gasteiger partial charge in [-0.1, -0.05) is 43.3 Å². The van der Waals surface area contributed by atoms with Crippen LogP contribution in [0.15, 0.2) is 66.9 Å². The van der Waals surface area contributed by atoms with E-state index in [1.54, 1.807) is 94.7 Å². The monoisotopic (exact) mass is 738 g/mol. The van der Waals surface area contributed by atoms with Gasteiger partial charge in [-0.15, -0.1) is 0 Å². The van der Waals surface area contributed by atoms with E-state index in [1.165, 1.54) is 9.80 Å². The number of hydrogen-bond donors (Lipinski definition) is 3. The number of alkyl halides is 3. The van der Waals surface area contributed by atoms with Gasteiger partial charge in [0.15, 0.2) is 0 Å². The number of nitrogens with zero attached hydrogens (tertiary/aromatic N) is 3. The summed E-state index contributed by atoms with van der Waals surface area (Å²) >= 11 is 0. The zero-order valence-electron chi connectivity index (χ0n) is 30.9. The number of piperidine rings is 1. The van der Waals surface area contributed by atoms with Crippen molar-refractivity contribution in [1.82, 2.24) is 20.1 Å². The third kappa shape index (κ3) is 12.3. The Morgan fingerprint density at radius 2 is 1.53 bits per heavy atom. The third-order valence-electron chi connectivity index (χ3n) is 8.92. The van der Waals surface area contributed by atoms with Gasteiger partial charge >= 0.3 is 12.3 Å². The predicted molar refractivity (Wildman–Crippen MR) is 196 cm³/mol. The number of ether oxygens (including phenoxy) is 1. The van der Waals surface area contributed by atoms with E-state index in [1.807, 2.05) is 6.92 Å². The molecule has 0 spiro atoms. The van der Waals surface area contributed by atoms with Crippen molar-refractivity contribution in [2.24, 2.45) is 5.41 Å². The number of amides is 4. The Hall–Kier alpha value is -4.98. The number of benzene rings is 2. The van der Waals surface area contributed by atoms with Gasteiger partial charge in [-0.25, -0.2) is 9.78 Å². The highest BCUT2D eigenvalue weighted by molar-refractivity contribution is 5.96. The summed E-state index contributed by atoms with van der Waals surface area (Å²) in [5.41, 5.74) is 0.644. The fraction of sp³-hybridized carbons (Fsp3) is 0.462. The average molecular weight is 739 g/mol. The third-order valence-corrected chi connectivity index (χ3v) is 8.92. The molecule has 3 aromatic rings. The lowest BCUT2D eigenvalue weighted by atomic mass is 9.74. The van der Waals surface area contributed by atoms with Crippen LogP contribution in [0.25, 0.3) is 0 Å². The number of nitrogens with one attached hydrogen (secondary N) is 3. The molecule has 0 radical (unpaired) electrons. The van der Waals surface area contributed by atoms with E-state index in [2.05, 4.69) is 20.9 Å². The van der Waals surface area contributed by atoms with Crippen molar-refractivity contribution in [3.63, 3.8) is 0 Å². The van der Waals surface area contributed by atoms with Crippen LogP contribution >= 0.6 is 0 Å². The number of halogens is 3. The molecular formula is C39H49F3N6O5. The summed E-state index contributed by atoms with van der Waals surface area (Å²) < 4.78 is 47.6. The van der Waals surface area contributed by atoms with Crippen LogP contribution in [-0.4, -0.2) is 77.1 Å². The van der Waals surface area contributed by atoms with Gasteiger partial charge in [0.2, 0.25) is 17.7 Å². The molecule has 1 aliphatic heterocycles. The number of pyridine rings is 1. The minimum absolute atomic E-state index is 0.0105. The molecule has 286 valence electrons. The van der Waals surface area contributed by atoms with Gasteiger partial charge < -0.3 is 30.5 Å². The Labute approximate surface area is 308 Å². The number of aryl methyl sites for hydroxylation is 1. The highest BCUT2D eigenvalue weighted by Gasteiger charge is 2.50. The second-order valence-electron chi connectivity index (χ2n) is 14.4.